The maximum absolute atomic E-state index is 11.4. The average Bonchev–Trinajstić information content (AvgIpc) is 2.76. The Kier molecular flexibility index (Phi) is 7.36. The van der Waals surface area contributed by atoms with Crippen molar-refractivity contribution >= 4 is 23.4 Å². The number of nitrogens with zero attached hydrogens (tertiary/aromatic N) is 1. The molecule has 1 heterocycles. The highest BCUT2D eigenvalue weighted by atomic mass is 32.1. The van der Waals surface area contributed by atoms with E-state index in [2.05, 4.69) is 18.8 Å². The predicted molar refractivity (Wildman–Crippen MR) is 77.1 cm³/mol. The number of rotatable bonds is 8. The standard InChI is InChI=1S/C14H21NO3S/c1-11(2)6-7-17-8-9-18-14(16)5-4-13-10-19-12(3)15-13/h4-5,10-11H,6-9H2,1-3H3/b5-4+. The topological polar surface area (TPSA) is 48.4 Å². The molecule has 106 valence electrons. The van der Waals surface area contributed by atoms with E-state index >= 15 is 0 Å². The molecule has 0 spiro atoms. The minimum atomic E-state index is -0.363. The van der Waals surface area contributed by atoms with Crippen LogP contribution in [-0.4, -0.2) is 30.8 Å². The summed E-state index contributed by atoms with van der Waals surface area (Å²) in [5.41, 5.74) is 0.785. The van der Waals surface area contributed by atoms with Crippen LogP contribution in [0.15, 0.2) is 11.5 Å². The molecule has 0 aromatic carbocycles. The molecule has 0 atom stereocenters. The SMILES string of the molecule is Cc1nc(/C=C/C(=O)OCCOCCC(C)C)cs1. The molecule has 0 aliphatic carbocycles. The molecule has 0 amide bonds. The quantitative estimate of drug-likeness (QED) is 0.418. The summed E-state index contributed by atoms with van der Waals surface area (Å²) in [6.45, 7) is 7.67. The van der Waals surface area contributed by atoms with Crippen LogP contribution in [0, 0.1) is 12.8 Å². The Balaban J connectivity index is 2.09. The van der Waals surface area contributed by atoms with E-state index in [1.807, 2.05) is 12.3 Å². The van der Waals surface area contributed by atoms with Crippen LogP contribution in [0.4, 0.5) is 0 Å². The molecule has 0 N–H and O–H groups in total. The van der Waals surface area contributed by atoms with Gasteiger partial charge in [-0.3, -0.25) is 0 Å². The largest absolute Gasteiger partial charge is 0.460 e. The Bertz CT molecular complexity index is 413. The van der Waals surface area contributed by atoms with Crippen molar-refractivity contribution < 1.29 is 14.3 Å². The highest BCUT2D eigenvalue weighted by Gasteiger charge is 1.99. The van der Waals surface area contributed by atoms with Crippen LogP contribution in [0.1, 0.15) is 31.0 Å². The second-order valence-corrected chi connectivity index (χ2v) is 5.65. The van der Waals surface area contributed by atoms with Crippen LogP contribution in [0.25, 0.3) is 6.08 Å². The highest BCUT2D eigenvalue weighted by molar-refractivity contribution is 7.09. The minimum Gasteiger partial charge on any atom is -0.460 e. The Hall–Kier alpha value is -1.20. The van der Waals surface area contributed by atoms with Gasteiger partial charge in [0.05, 0.1) is 17.3 Å². The molecule has 0 unspecified atom stereocenters. The number of aromatic nitrogens is 1. The van der Waals surface area contributed by atoms with Gasteiger partial charge in [-0.25, -0.2) is 9.78 Å². The van der Waals surface area contributed by atoms with E-state index in [4.69, 9.17) is 9.47 Å². The summed E-state index contributed by atoms with van der Waals surface area (Å²) in [5, 5.41) is 2.88. The molecule has 1 aromatic heterocycles. The Morgan fingerprint density at radius 3 is 2.84 bits per heavy atom. The molecule has 1 aromatic rings. The molecule has 0 fully saturated rings. The molecule has 0 aliphatic rings. The van der Waals surface area contributed by atoms with Gasteiger partial charge >= 0.3 is 5.97 Å². The molecular formula is C14H21NO3S. The molecule has 0 radical (unpaired) electrons. The first-order chi connectivity index (χ1) is 9.08. The average molecular weight is 283 g/mol. The molecule has 4 nitrogen and oxygen atoms in total. The highest BCUT2D eigenvalue weighted by Crippen LogP contribution is 2.09. The van der Waals surface area contributed by atoms with Crippen LogP contribution in [-0.2, 0) is 14.3 Å². The Morgan fingerprint density at radius 1 is 1.42 bits per heavy atom. The lowest BCUT2D eigenvalue weighted by Crippen LogP contribution is -2.09. The molecule has 0 aliphatic heterocycles. The maximum Gasteiger partial charge on any atom is 0.330 e. The van der Waals surface area contributed by atoms with Crippen LogP contribution >= 0.6 is 11.3 Å². The third-order valence-electron chi connectivity index (χ3n) is 2.34. The van der Waals surface area contributed by atoms with E-state index in [-0.39, 0.29) is 12.6 Å². The van der Waals surface area contributed by atoms with E-state index in [1.54, 1.807) is 17.4 Å². The first-order valence-corrected chi connectivity index (χ1v) is 7.30. The van der Waals surface area contributed by atoms with E-state index in [0.29, 0.717) is 19.1 Å². The lowest BCUT2D eigenvalue weighted by molar-refractivity contribution is -0.139. The van der Waals surface area contributed by atoms with Gasteiger partial charge in [-0.05, 0) is 25.3 Å². The summed E-state index contributed by atoms with van der Waals surface area (Å²) in [6, 6.07) is 0. The smallest absolute Gasteiger partial charge is 0.330 e. The third-order valence-corrected chi connectivity index (χ3v) is 3.13. The monoisotopic (exact) mass is 283 g/mol. The number of carbonyl (C=O) groups is 1. The Morgan fingerprint density at radius 2 is 2.21 bits per heavy atom. The van der Waals surface area contributed by atoms with Gasteiger partial charge in [0.25, 0.3) is 0 Å². The summed E-state index contributed by atoms with van der Waals surface area (Å²) in [6.07, 6.45) is 4.07. The summed E-state index contributed by atoms with van der Waals surface area (Å²) in [4.78, 5) is 15.6. The van der Waals surface area contributed by atoms with Gasteiger partial charge in [0, 0.05) is 18.1 Å². The molecule has 5 heteroatoms. The third kappa shape index (κ3) is 7.74. The van der Waals surface area contributed by atoms with Crippen molar-refractivity contribution in [3.63, 3.8) is 0 Å². The van der Waals surface area contributed by atoms with Gasteiger partial charge in [0.15, 0.2) is 0 Å². The van der Waals surface area contributed by atoms with Crippen LogP contribution in [0.5, 0.6) is 0 Å². The molecular weight excluding hydrogens is 262 g/mol. The van der Waals surface area contributed by atoms with Crippen molar-refractivity contribution in [1.82, 2.24) is 4.98 Å². The van der Waals surface area contributed by atoms with Crippen molar-refractivity contribution in [2.45, 2.75) is 27.2 Å². The zero-order valence-electron chi connectivity index (χ0n) is 11.7. The van der Waals surface area contributed by atoms with Crippen LogP contribution in [0.3, 0.4) is 0 Å². The van der Waals surface area contributed by atoms with E-state index < -0.39 is 0 Å². The minimum absolute atomic E-state index is 0.289. The van der Waals surface area contributed by atoms with Gasteiger partial charge in [-0.1, -0.05) is 13.8 Å². The van der Waals surface area contributed by atoms with Gasteiger partial charge in [0.2, 0.25) is 0 Å². The number of thiazole rings is 1. The summed E-state index contributed by atoms with van der Waals surface area (Å²) in [7, 11) is 0. The molecule has 0 bridgehead atoms. The van der Waals surface area contributed by atoms with Crippen molar-refractivity contribution in [3.8, 4) is 0 Å². The molecule has 1 rings (SSSR count). The van der Waals surface area contributed by atoms with Crippen molar-refractivity contribution in [3.05, 3.63) is 22.2 Å². The van der Waals surface area contributed by atoms with Gasteiger partial charge in [-0.15, -0.1) is 11.3 Å². The zero-order valence-corrected chi connectivity index (χ0v) is 12.5. The first kappa shape index (κ1) is 15.9. The van der Waals surface area contributed by atoms with E-state index in [9.17, 15) is 4.79 Å². The van der Waals surface area contributed by atoms with Crippen LogP contribution in [0.2, 0.25) is 0 Å². The van der Waals surface area contributed by atoms with Gasteiger partial charge < -0.3 is 9.47 Å². The first-order valence-electron chi connectivity index (χ1n) is 6.42. The summed E-state index contributed by atoms with van der Waals surface area (Å²) in [5.74, 6) is 0.269. The fraction of sp³-hybridized carbons (Fsp3) is 0.571. The maximum atomic E-state index is 11.4. The predicted octanol–water partition coefficient (Wildman–Crippen LogP) is 3.07. The number of hydrogen-bond acceptors (Lipinski definition) is 5. The number of carbonyl (C=O) groups excluding carboxylic acids is 1. The fourth-order valence-corrected chi connectivity index (χ4v) is 1.86. The lowest BCUT2D eigenvalue weighted by atomic mass is 10.1. The second kappa shape index (κ2) is 8.82. The van der Waals surface area contributed by atoms with Crippen molar-refractivity contribution in [1.29, 1.82) is 0 Å². The molecule has 0 saturated heterocycles. The Labute approximate surface area is 118 Å². The molecule has 0 saturated carbocycles. The zero-order chi connectivity index (χ0) is 14.1. The number of ether oxygens (including phenoxy) is 2. The fourth-order valence-electron chi connectivity index (χ4n) is 1.28. The van der Waals surface area contributed by atoms with Crippen molar-refractivity contribution in [2.24, 2.45) is 5.92 Å². The number of hydrogen-bond donors (Lipinski definition) is 0. The summed E-state index contributed by atoms with van der Waals surface area (Å²) >= 11 is 1.55. The normalized spacial score (nSPS) is 11.4. The van der Waals surface area contributed by atoms with Gasteiger partial charge in [0.1, 0.15) is 6.61 Å². The van der Waals surface area contributed by atoms with Gasteiger partial charge in [-0.2, -0.15) is 0 Å². The molecule has 19 heavy (non-hydrogen) atoms. The van der Waals surface area contributed by atoms with Crippen molar-refractivity contribution in [2.75, 3.05) is 19.8 Å². The summed E-state index contributed by atoms with van der Waals surface area (Å²) < 4.78 is 10.4. The van der Waals surface area contributed by atoms with E-state index in [1.165, 1.54) is 6.08 Å². The van der Waals surface area contributed by atoms with Crippen LogP contribution < -0.4 is 0 Å². The number of aryl methyl sites for hydroxylation is 1. The lowest BCUT2D eigenvalue weighted by Gasteiger charge is -2.06. The van der Waals surface area contributed by atoms with E-state index in [0.717, 1.165) is 17.1 Å². The second-order valence-electron chi connectivity index (χ2n) is 4.59. The number of esters is 1.